The van der Waals surface area contributed by atoms with Crippen molar-refractivity contribution in [3.63, 3.8) is 0 Å². The molecule has 2 aliphatic rings. The Morgan fingerprint density at radius 2 is 1.93 bits per heavy atom. The summed E-state index contributed by atoms with van der Waals surface area (Å²) in [7, 11) is -0.938. The molecule has 0 unspecified atom stereocenters. The largest absolute Gasteiger partial charge is 0.444 e. The smallest absolute Gasteiger partial charge is 0.410 e. The number of carbonyl (C=O) groups is 1. The van der Waals surface area contributed by atoms with Gasteiger partial charge in [0.2, 0.25) is 0 Å². The third-order valence-electron chi connectivity index (χ3n) is 5.27. The maximum atomic E-state index is 12.2. The molecule has 0 aliphatic carbocycles. The Hall–Kier alpha value is -1.67. The number of nitrogens with zero attached hydrogens (tertiary/aromatic N) is 4. The summed E-state index contributed by atoms with van der Waals surface area (Å²) in [4.78, 5) is 16.4. The van der Waals surface area contributed by atoms with Crippen molar-refractivity contribution in [2.45, 2.75) is 58.2 Å². The van der Waals surface area contributed by atoms with Crippen molar-refractivity contribution in [2.24, 2.45) is 5.92 Å². The van der Waals surface area contributed by atoms with Gasteiger partial charge in [-0.25, -0.2) is 4.79 Å². The van der Waals surface area contributed by atoms with Crippen molar-refractivity contribution in [2.75, 3.05) is 37.7 Å². The lowest BCUT2D eigenvalue weighted by molar-refractivity contribution is 0.00783. The first-order chi connectivity index (χ1) is 13.2. The number of aromatic nitrogens is 2. The summed E-state index contributed by atoms with van der Waals surface area (Å²) in [5, 5.41) is 8.54. The number of ether oxygens (including phenoxy) is 1. The lowest BCUT2D eigenvalue weighted by Gasteiger charge is -2.41. The molecule has 2 saturated heterocycles. The minimum absolute atomic E-state index is 0.226. The molecule has 8 heteroatoms. The summed E-state index contributed by atoms with van der Waals surface area (Å²) in [5.41, 5.74) is 1.71. The SMILES string of the molecule is C[SiH](C)OCC1CCN(c2ccnnc2C2CN(C(=O)OC(C)(C)C)C2)CC1. The number of likely N-dealkylation sites (tertiary alicyclic amines) is 1. The molecule has 1 aromatic rings. The number of piperidine rings is 1. The van der Waals surface area contributed by atoms with Crippen molar-refractivity contribution in [1.29, 1.82) is 0 Å². The van der Waals surface area contributed by atoms with Crippen molar-refractivity contribution in [3.05, 3.63) is 18.0 Å². The fourth-order valence-electron chi connectivity index (χ4n) is 3.69. The van der Waals surface area contributed by atoms with Crippen molar-refractivity contribution >= 4 is 20.8 Å². The first-order valence-corrected chi connectivity index (χ1v) is 13.2. The van der Waals surface area contributed by atoms with E-state index < -0.39 is 14.6 Å². The highest BCUT2D eigenvalue weighted by Crippen LogP contribution is 2.34. The van der Waals surface area contributed by atoms with Crippen molar-refractivity contribution in [1.82, 2.24) is 15.1 Å². The van der Waals surface area contributed by atoms with E-state index in [0.717, 1.165) is 38.2 Å². The van der Waals surface area contributed by atoms with E-state index in [1.807, 2.05) is 20.8 Å². The molecule has 0 saturated carbocycles. The Labute approximate surface area is 170 Å². The summed E-state index contributed by atoms with van der Waals surface area (Å²) in [5.74, 6) is 0.889. The van der Waals surface area contributed by atoms with Gasteiger partial charge in [-0.15, -0.1) is 0 Å². The molecule has 0 spiro atoms. The number of carbonyl (C=O) groups excluding carboxylic acids is 1. The average molecular weight is 407 g/mol. The van der Waals surface area contributed by atoms with Crippen LogP contribution in [0.5, 0.6) is 0 Å². The maximum absolute atomic E-state index is 12.2. The fourth-order valence-corrected chi connectivity index (χ4v) is 4.35. The summed E-state index contributed by atoms with van der Waals surface area (Å²) < 4.78 is 11.4. The lowest BCUT2D eigenvalue weighted by atomic mass is 9.93. The highest BCUT2D eigenvalue weighted by Gasteiger charge is 2.37. The standard InChI is InChI=1S/C20H34N4O3Si/c1-20(2,3)27-19(25)24-12-16(13-24)18-17(6-9-21-22-18)23-10-7-15(8-11-23)14-26-28(4)5/h6,9,15-16,28H,7-8,10-14H2,1-5H3. The second-order valence-corrected chi connectivity index (χ2v) is 11.6. The number of hydrogen-bond donors (Lipinski definition) is 0. The van der Waals surface area contributed by atoms with Crippen LogP contribution < -0.4 is 4.90 Å². The predicted octanol–water partition coefficient (Wildman–Crippen LogP) is 3.03. The number of anilines is 1. The first kappa shape index (κ1) is 21.0. The van der Waals surface area contributed by atoms with Gasteiger partial charge in [0.25, 0.3) is 0 Å². The molecule has 1 aromatic heterocycles. The average Bonchev–Trinajstić information content (AvgIpc) is 2.58. The van der Waals surface area contributed by atoms with E-state index >= 15 is 0 Å². The van der Waals surface area contributed by atoms with Crippen LogP contribution in [0.25, 0.3) is 0 Å². The van der Waals surface area contributed by atoms with Crippen LogP contribution in [0, 0.1) is 5.92 Å². The van der Waals surface area contributed by atoms with Crippen molar-refractivity contribution < 1.29 is 14.0 Å². The maximum Gasteiger partial charge on any atom is 0.410 e. The van der Waals surface area contributed by atoms with Gasteiger partial charge in [0, 0.05) is 38.7 Å². The highest BCUT2D eigenvalue weighted by molar-refractivity contribution is 6.48. The van der Waals surface area contributed by atoms with Crippen LogP contribution in [0.3, 0.4) is 0 Å². The van der Waals surface area contributed by atoms with Gasteiger partial charge in [-0.3, -0.25) is 0 Å². The Balaban J connectivity index is 1.56. The molecule has 0 atom stereocenters. The minimum Gasteiger partial charge on any atom is -0.444 e. The molecule has 2 fully saturated rings. The quantitative estimate of drug-likeness (QED) is 0.700. The highest BCUT2D eigenvalue weighted by atomic mass is 28.3. The predicted molar refractivity (Wildman–Crippen MR) is 112 cm³/mol. The van der Waals surface area contributed by atoms with Gasteiger partial charge in [0.15, 0.2) is 9.04 Å². The molecule has 0 N–H and O–H groups in total. The van der Waals surface area contributed by atoms with Gasteiger partial charge in [0.05, 0.1) is 17.6 Å². The first-order valence-electron chi connectivity index (χ1n) is 10.4. The van der Waals surface area contributed by atoms with Crippen molar-refractivity contribution in [3.8, 4) is 0 Å². The van der Waals surface area contributed by atoms with Crippen LogP contribution in [0.15, 0.2) is 12.3 Å². The third kappa shape index (κ3) is 5.44. The summed E-state index contributed by atoms with van der Waals surface area (Å²) in [6.07, 6.45) is 3.82. The van der Waals surface area contributed by atoms with Crippen LogP contribution in [-0.2, 0) is 9.16 Å². The van der Waals surface area contributed by atoms with E-state index in [2.05, 4.69) is 34.3 Å². The number of amides is 1. The summed E-state index contributed by atoms with van der Waals surface area (Å²) in [6, 6.07) is 2.07. The molecule has 0 aromatic carbocycles. The summed E-state index contributed by atoms with van der Waals surface area (Å²) >= 11 is 0. The van der Waals surface area contributed by atoms with Gasteiger partial charge in [-0.2, -0.15) is 10.2 Å². The van der Waals surface area contributed by atoms with Crippen LogP contribution in [0.1, 0.15) is 45.2 Å². The Kier molecular flexibility index (Phi) is 6.60. The van der Waals surface area contributed by atoms with E-state index in [-0.39, 0.29) is 12.0 Å². The molecule has 156 valence electrons. The zero-order valence-electron chi connectivity index (χ0n) is 17.9. The fraction of sp³-hybridized carbons (Fsp3) is 0.750. The van der Waals surface area contributed by atoms with E-state index in [9.17, 15) is 4.79 Å². The molecule has 7 nitrogen and oxygen atoms in total. The summed E-state index contributed by atoms with van der Waals surface area (Å²) in [6.45, 7) is 14.4. The molecular weight excluding hydrogens is 372 g/mol. The molecule has 0 bridgehead atoms. The number of hydrogen-bond acceptors (Lipinski definition) is 6. The van der Waals surface area contributed by atoms with Crippen LogP contribution >= 0.6 is 0 Å². The van der Waals surface area contributed by atoms with E-state index in [4.69, 9.17) is 9.16 Å². The normalized spacial score (nSPS) is 19.1. The molecular formula is C20H34N4O3Si. The minimum atomic E-state index is -0.938. The molecule has 0 radical (unpaired) electrons. The van der Waals surface area contributed by atoms with Gasteiger partial charge >= 0.3 is 6.09 Å². The van der Waals surface area contributed by atoms with E-state index in [0.29, 0.717) is 19.0 Å². The Bertz CT molecular complexity index is 666. The zero-order valence-corrected chi connectivity index (χ0v) is 19.0. The van der Waals surface area contributed by atoms with Crippen LogP contribution in [0.2, 0.25) is 13.1 Å². The van der Waals surface area contributed by atoms with Crippen LogP contribution in [0.4, 0.5) is 10.5 Å². The van der Waals surface area contributed by atoms with E-state index in [1.54, 1.807) is 11.1 Å². The van der Waals surface area contributed by atoms with Gasteiger partial charge in [0.1, 0.15) is 5.60 Å². The topological polar surface area (TPSA) is 67.8 Å². The monoisotopic (exact) mass is 406 g/mol. The lowest BCUT2D eigenvalue weighted by Crippen LogP contribution is -2.51. The third-order valence-corrected chi connectivity index (χ3v) is 6.13. The number of rotatable bonds is 5. The van der Waals surface area contributed by atoms with Crippen LogP contribution in [-0.4, -0.2) is 68.6 Å². The van der Waals surface area contributed by atoms with E-state index in [1.165, 1.54) is 5.69 Å². The van der Waals surface area contributed by atoms with Gasteiger partial charge < -0.3 is 19.0 Å². The zero-order chi connectivity index (χ0) is 20.3. The second-order valence-electron chi connectivity index (χ2n) is 9.20. The Morgan fingerprint density at radius 1 is 1.25 bits per heavy atom. The molecule has 3 rings (SSSR count). The van der Waals surface area contributed by atoms with Gasteiger partial charge in [-0.1, -0.05) is 0 Å². The van der Waals surface area contributed by atoms with Gasteiger partial charge in [-0.05, 0) is 58.7 Å². The molecule has 3 heterocycles. The Morgan fingerprint density at radius 3 is 2.54 bits per heavy atom. The molecule has 28 heavy (non-hydrogen) atoms. The molecule has 1 amide bonds. The molecule has 2 aliphatic heterocycles. The second kappa shape index (κ2) is 8.78.